The number of nitrogens with two attached hydrogens (primary N) is 1. The van der Waals surface area contributed by atoms with Gasteiger partial charge in [0.2, 0.25) is 11.8 Å². The lowest BCUT2D eigenvalue weighted by Crippen LogP contribution is -2.28. The third-order valence-corrected chi connectivity index (χ3v) is 3.06. The molecule has 6 nitrogen and oxygen atoms in total. The Balaban J connectivity index is 2.15. The maximum atomic E-state index is 10.0. The molecule has 0 spiro atoms. The minimum atomic E-state index is -0.936. The van der Waals surface area contributed by atoms with Crippen LogP contribution in [0.3, 0.4) is 0 Å². The van der Waals surface area contributed by atoms with Crippen molar-refractivity contribution in [2.45, 2.75) is 31.9 Å². The number of aliphatic hydroxyl groups is 1. The van der Waals surface area contributed by atoms with Crippen LogP contribution in [0.4, 0.5) is 0 Å². The second kappa shape index (κ2) is 6.49. The maximum absolute atomic E-state index is 10.0. The smallest absolute Gasteiger partial charge is 0.247 e. The molecule has 1 heterocycles. The molecular weight excluding hydrogens is 258 g/mol. The zero-order valence-corrected chi connectivity index (χ0v) is 11.6. The van der Waals surface area contributed by atoms with E-state index < -0.39 is 12.1 Å². The predicted molar refractivity (Wildman–Crippen MR) is 74.1 cm³/mol. The highest BCUT2D eigenvalue weighted by atomic mass is 16.5. The van der Waals surface area contributed by atoms with Crippen molar-refractivity contribution in [2.75, 3.05) is 7.11 Å². The predicted octanol–water partition coefficient (Wildman–Crippen LogP) is 1.91. The molecular formula is C14H19N3O3. The minimum Gasteiger partial charge on any atom is -0.497 e. The van der Waals surface area contributed by atoms with E-state index in [1.807, 2.05) is 19.1 Å². The number of aromatic nitrogens is 2. The zero-order valence-electron chi connectivity index (χ0n) is 11.6. The Kier molecular flexibility index (Phi) is 4.70. The average Bonchev–Trinajstić information content (AvgIpc) is 2.96. The topological polar surface area (TPSA) is 94.4 Å². The Morgan fingerprint density at radius 2 is 2.00 bits per heavy atom. The number of hydrogen-bond donors (Lipinski definition) is 2. The van der Waals surface area contributed by atoms with Crippen molar-refractivity contribution in [3.8, 4) is 17.2 Å². The van der Waals surface area contributed by atoms with E-state index in [-0.39, 0.29) is 5.89 Å². The Bertz CT molecular complexity index is 539. The highest BCUT2D eigenvalue weighted by Gasteiger charge is 2.22. The Morgan fingerprint density at radius 1 is 1.30 bits per heavy atom. The number of rotatable bonds is 6. The molecule has 2 rings (SSSR count). The number of aliphatic hydroxyl groups excluding tert-OH is 1. The quantitative estimate of drug-likeness (QED) is 0.837. The van der Waals surface area contributed by atoms with Crippen molar-refractivity contribution in [1.29, 1.82) is 0 Å². The van der Waals surface area contributed by atoms with E-state index in [0.717, 1.165) is 17.7 Å². The summed E-state index contributed by atoms with van der Waals surface area (Å²) in [7, 11) is 1.60. The number of hydrogen-bond acceptors (Lipinski definition) is 6. The molecule has 1 aromatic heterocycles. The average molecular weight is 277 g/mol. The molecule has 0 aliphatic carbocycles. The fourth-order valence-corrected chi connectivity index (χ4v) is 1.88. The Labute approximate surface area is 117 Å². The molecule has 2 unspecified atom stereocenters. The Hall–Kier alpha value is -1.92. The molecule has 0 aliphatic heterocycles. The lowest BCUT2D eigenvalue weighted by atomic mass is 10.1. The lowest BCUT2D eigenvalue weighted by molar-refractivity contribution is 0.112. The van der Waals surface area contributed by atoms with Gasteiger partial charge in [-0.05, 0) is 30.7 Å². The summed E-state index contributed by atoms with van der Waals surface area (Å²) in [5.74, 6) is 1.25. The fourth-order valence-electron chi connectivity index (χ4n) is 1.88. The molecule has 0 saturated heterocycles. The van der Waals surface area contributed by atoms with Gasteiger partial charge in [0.15, 0.2) is 0 Å². The summed E-state index contributed by atoms with van der Waals surface area (Å²) in [6, 6.07) is 6.84. The molecule has 108 valence electrons. The van der Waals surface area contributed by atoms with Gasteiger partial charge in [-0.2, -0.15) is 0 Å². The molecule has 0 bridgehead atoms. The summed E-state index contributed by atoms with van der Waals surface area (Å²) in [6.45, 7) is 2.00. The molecule has 0 radical (unpaired) electrons. The van der Waals surface area contributed by atoms with Gasteiger partial charge < -0.3 is 20.0 Å². The first-order valence-corrected chi connectivity index (χ1v) is 6.57. The summed E-state index contributed by atoms with van der Waals surface area (Å²) in [4.78, 5) is 0. The molecule has 0 aliphatic rings. The standard InChI is InChI=1S/C14H19N3O3/c1-3-4-11(15)12(18)14-17-16-13(20-14)9-5-7-10(19-2)8-6-9/h5-8,11-12,18H,3-4,15H2,1-2H3. The van der Waals surface area contributed by atoms with Gasteiger partial charge in [-0.15, -0.1) is 10.2 Å². The maximum Gasteiger partial charge on any atom is 0.247 e. The molecule has 2 aromatic rings. The van der Waals surface area contributed by atoms with Gasteiger partial charge in [0.05, 0.1) is 7.11 Å². The lowest BCUT2D eigenvalue weighted by Gasteiger charge is -2.13. The van der Waals surface area contributed by atoms with E-state index in [9.17, 15) is 5.11 Å². The summed E-state index contributed by atoms with van der Waals surface area (Å²) in [5, 5.41) is 17.8. The SMILES string of the molecule is CCCC(N)C(O)c1nnc(-c2ccc(OC)cc2)o1. The molecule has 2 atom stereocenters. The van der Waals surface area contributed by atoms with Crippen LogP contribution in [0, 0.1) is 0 Å². The van der Waals surface area contributed by atoms with Crippen molar-refractivity contribution in [2.24, 2.45) is 5.73 Å². The van der Waals surface area contributed by atoms with Crippen LogP contribution in [0.25, 0.3) is 11.5 Å². The van der Waals surface area contributed by atoms with Gasteiger partial charge in [-0.3, -0.25) is 0 Å². The minimum absolute atomic E-state index is 0.150. The number of benzene rings is 1. The van der Waals surface area contributed by atoms with Gasteiger partial charge in [-0.1, -0.05) is 13.3 Å². The fraction of sp³-hybridized carbons (Fsp3) is 0.429. The van der Waals surface area contributed by atoms with Gasteiger partial charge in [0.1, 0.15) is 11.9 Å². The molecule has 0 amide bonds. The van der Waals surface area contributed by atoms with Gasteiger partial charge in [0, 0.05) is 11.6 Å². The van der Waals surface area contributed by atoms with E-state index in [1.54, 1.807) is 19.2 Å². The summed E-state index contributed by atoms with van der Waals surface area (Å²) >= 11 is 0. The molecule has 6 heteroatoms. The van der Waals surface area contributed by atoms with Crippen molar-refractivity contribution in [3.05, 3.63) is 30.2 Å². The Morgan fingerprint density at radius 3 is 2.60 bits per heavy atom. The zero-order chi connectivity index (χ0) is 14.5. The van der Waals surface area contributed by atoms with E-state index >= 15 is 0 Å². The van der Waals surface area contributed by atoms with Crippen molar-refractivity contribution < 1.29 is 14.3 Å². The molecule has 3 N–H and O–H groups in total. The van der Waals surface area contributed by atoms with E-state index in [4.69, 9.17) is 14.9 Å². The van der Waals surface area contributed by atoms with Gasteiger partial charge in [-0.25, -0.2) is 0 Å². The van der Waals surface area contributed by atoms with Crippen LogP contribution in [0.2, 0.25) is 0 Å². The van der Waals surface area contributed by atoms with Crippen molar-refractivity contribution in [1.82, 2.24) is 10.2 Å². The van der Waals surface area contributed by atoms with Crippen molar-refractivity contribution >= 4 is 0 Å². The first-order valence-electron chi connectivity index (χ1n) is 6.57. The first-order chi connectivity index (χ1) is 9.65. The van der Waals surface area contributed by atoms with Crippen LogP contribution in [-0.4, -0.2) is 28.5 Å². The molecule has 0 saturated carbocycles. The van der Waals surface area contributed by atoms with Gasteiger partial charge in [0.25, 0.3) is 0 Å². The van der Waals surface area contributed by atoms with Crippen LogP contribution in [0.5, 0.6) is 5.75 Å². The highest BCUT2D eigenvalue weighted by Crippen LogP contribution is 2.24. The third kappa shape index (κ3) is 3.15. The van der Waals surface area contributed by atoms with Crippen LogP contribution in [0.1, 0.15) is 31.8 Å². The van der Waals surface area contributed by atoms with Crippen molar-refractivity contribution in [3.63, 3.8) is 0 Å². The van der Waals surface area contributed by atoms with Crippen LogP contribution in [0.15, 0.2) is 28.7 Å². The van der Waals surface area contributed by atoms with E-state index in [0.29, 0.717) is 12.3 Å². The first kappa shape index (κ1) is 14.5. The number of nitrogens with zero attached hydrogens (tertiary/aromatic N) is 2. The number of methoxy groups -OCH3 is 1. The summed E-state index contributed by atoms with van der Waals surface area (Å²) < 4.78 is 10.6. The monoisotopic (exact) mass is 277 g/mol. The normalized spacial score (nSPS) is 14.0. The molecule has 1 aromatic carbocycles. The highest BCUT2D eigenvalue weighted by molar-refractivity contribution is 5.53. The van der Waals surface area contributed by atoms with Crippen LogP contribution >= 0.6 is 0 Å². The third-order valence-electron chi connectivity index (χ3n) is 3.06. The molecule has 20 heavy (non-hydrogen) atoms. The summed E-state index contributed by atoms with van der Waals surface area (Å²) in [5.41, 5.74) is 6.62. The van der Waals surface area contributed by atoms with E-state index in [2.05, 4.69) is 10.2 Å². The second-order valence-corrected chi connectivity index (χ2v) is 4.57. The van der Waals surface area contributed by atoms with Crippen LogP contribution < -0.4 is 10.5 Å². The largest absolute Gasteiger partial charge is 0.497 e. The van der Waals surface area contributed by atoms with Gasteiger partial charge >= 0.3 is 0 Å². The second-order valence-electron chi connectivity index (χ2n) is 4.57. The van der Waals surface area contributed by atoms with Crippen LogP contribution in [-0.2, 0) is 0 Å². The summed E-state index contributed by atoms with van der Waals surface area (Å²) in [6.07, 6.45) is 0.647. The number of ether oxygens (including phenoxy) is 1. The molecule has 0 fully saturated rings. The van der Waals surface area contributed by atoms with E-state index in [1.165, 1.54) is 0 Å².